The van der Waals surface area contributed by atoms with Crippen molar-refractivity contribution in [3.8, 4) is 5.75 Å². The molecule has 0 N–H and O–H groups in total. The van der Waals surface area contributed by atoms with Crippen LogP contribution in [0.25, 0.3) is 0 Å². The Morgan fingerprint density at radius 2 is 2.00 bits per heavy atom. The maximum Gasteiger partial charge on any atom is 0.306 e. The summed E-state index contributed by atoms with van der Waals surface area (Å²) in [5.74, 6) is 0.265. The first-order valence-corrected chi connectivity index (χ1v) is 8.91. The van der Waals surface area contributed by atoms with Crippen LogP contribution in [0.15, 0.2) is 47.1 Å². The van der Waals surface area contributed by atoms with Crippen LogP contribution in [-0.2, 0) is 16.7 Å². The number of carbonyl (C=O) groups is 1. The minimum atomic E-state index is -3.59. The SMILES string of the molecule is CC(C)N(Cc1cccc(OS(C)(=O)=O)c1)C(=O)c1ccco1. The third-order valence-corrected chi connectivity index (χ3v) is 3.61. The third kappa shape index (κ3) is 4.85. The first-order valence-electron chi connectivity index (χ1n) is 7.09. The summed E-state index contributed by atoms with van der Waals surface area (Å²) in [4.78, 5) is 14.1. The topological polar surface area (TPSA) is 76.8 Å². The van der Waals surface area contributed by atoms with Gasteiger partial charge in [-0.3, -0.25) is 4.79 Å². The van der Waals surface area contributed by atoms with Crippen LogP contribution in [0.2, 0.25) is 0 Å². The van der Waals surface area contributed by atoms with E-state index in [0.29, 0.717) is 6.54 Å². The van der Waals surface area contributed by atoms with E-state index in [1.807, 2.05) is 13.8 Å². The Morgan fingerprint density at radius 1 is 1.26 bits per heavy atom. The first kappa shape index (κ1) is 17.1. The Morgan fingerprint density at radius 3 is 2.57 bits per heavy atom. The standard InChI is InChI=1S/C16H19NO5S/c1-12(2)17(16(18)15-8-5-9-21-15)11-13-6-4-7-14(10-13)22-23(3,19)20/h4-10,12H,11H2,1-3H3. The molecule has 1 heterocycles. The van der Waals surface area contributed by atoms with E-state index in [-0.39, 0.29) is 23.5 Å². The number of rotatable bonds is 6. The molecule has 0 bridgehead atoms. The average Bonchev–Trinajstić information content (AvgIpc) is 2.96. The highest BCUT2D eigenvalue weighted by Gasteiger charge is 2.21. The summed E-state index contributed by atoms with van der Waals surface area (Å²) in [6.07, 6.45) is 2.44. The molecule has 0 saturated heterocycles. The van der Waals surface area contributed by atoms with Gasteiger partial charge in [0.05, 0.1) is 12.5 Å². The van der Waals surface area contributed by atoms with E-state index in [1.54, 1.807) is 41.3 Å². The van der Waals surface area contributed by atoms with Crippen molar-refractivity contribution in [2.45, 2.75) is 26.4 Å². The molecule has 1 aromatic carbocycles. The molecule has 0 aliphatic heterocycles. The van der Waals surface area contributed by atoms with Crippen LogP contribution in [0.1, 0.15) is 30.0 Å². The molecule has 124 valence electrons. The summed E-state index contributed by atoms with van der Waals surface area (Å²) in [6.45, 7) is 4.12. The molecular weight excluding hydrogens is 318 g/mol. The first-order chi connectivity index (χ1) is 10.8. The van der Waals surface area contributed by atoms with Gasteiger partial charge in [0.2, 0.25) is 0 Å². The third-order valence-electron chi connectivity index (χ3n) is 3.12. The molecule has 0 spiro atoms. The van der Waals surface area contributed by atoms with Gasteiger partial charge in [-0.15, -0.1) is 0 Å². The van der Waals surface area contributed by atoms with E-state index >= 15 is 0 Å². The molecule has 2 aromatic rings. The van der Waals surface area contributed by atoms with Gasteiger partial charge >= 0.3 is 10.1 Å². The zero-order chi connectivity index (χ0) is 17.0. The normalized spacial score (nSPS) is 11.5. The van der Waals surface area contributed by atoms with E-state index in [1.165, 1.54) is 6.26 Å². The quantitative estimate of drug-likeness (QED) is 0.757. The number of hydrogen-bond acceptors (Lipinski definition) is 5. The van der Waals surface area contributed by atoms with E-state index in [0.717, 1.165) is 11.8 Å². The van der Waals surface area contributed by atoms with Crippen LogP contribution in [0.4, 0.5) is 0 Å². The number of benzene rings is 1. The molecule has 0 radical (unpaired) electrons. The van der Waals surface area contributed by atoms with Crippen LogP contribution in [0, 0.1) is 0 Å². The number of amides is 1. The summed E-state index contributed by atoms with van der Waals surface area (Å²) in [5.41, 5.74) is 0.764. The van der Waals surface area contributed by atoms with E-state index in [9.17, 15) is 13.2 Å². The Hall–Kier alpha value is -2.28. The van der Waals surface area contributed by atoms with Crippen molar-refractivity contribution in [2.24, 2.45) is 0 Å². The zero-order valence-electron chi connectivity index (χ0n) is 13.2. The lowest BCUT2D eigenvalue weighted by Gasteiger charge is -2.26. The maximum absolute atomic E-state index is 12.5. The van der Waals surface area contributed by atoms with Crippen LogP contribution in [-0.4, -0.2) is 31.5 Å². The van der Waals surface area contributed by atoms with Crippen molar-refractivity contribution in [1.82, 2.24) is 4.90 Å². The maximum atomic E-state index is 12.5. The Balaban J connectivity index is 2.20. The molecule has 23 heavy (non-hydrogen) atoms. The molecule has 1 aromatic heterocycles. The van der Waals surface area contributed by atoms with Gasteiger partial charge in [-0.05, 0) is 43.7 Å². The summed E-state index contributed by atoms with van der Waals surface area (Å²) < 4.78 is 32.4. The highest BCUT2D eigenvalue weighted by Crippen LogP contribution is 2.19. The molecular formula is C16H19NO5S. The molecule has 7 heteroatoms. The van der Waals surface area contributed by atoms with Crippen molar-refractivity contribution < 1.29 is 21.8 Å². The fourth-order valence-electron chi connectivity index (χ4n) is 2.10. The molecule has 0 unspecified atom stereocenters. The molecule has 6 nitrogen and oxygen atoms in total. The summed E-state index contributed by atoms with van der Waals surface area (Å²) in [7, 11) is -3.59. The second kappa shape index (κ2) is 6.87. The lowest BCUT2D eigenvalue weighted by molar-refractivity contribution is 0.0657. The Kier molecular flexibility index (Phi) is 5.10. The molecule has 1 amide bonds. The fourth-order valence-corrected chi connectivity index (χ4v) is 2.55. The Labute approximate surface area is 135 Å². The fraction of sp³-hybridized carbons (Fsp3) is 0.312. The summed E-state index contributed by atoms with van der Waals surface area (Å²) >= 11 is 0. The summed E-state index contributed by atoms with van der Waals surface area (Å²) in [6, 6.07) is 9.87. The molecule has 0 fully saturated rings. The lowest BCUT2D eigenvalue weighted by atomic mass is 10.1. The zero-order valence-corrected chi connectivity index (χ0v) is 14.0. The van der Waals surface area contributed by atoms with Crippen LogP contribution >= 0.6 is 0 Å². The van der Waals surface area contributed by atoms with Gasteiger partial charge in [-0.1, -0.05) is 12.1 Å². The van der Waals surface area contributed by atoms with Gasteiger partial charge < -0.3 is 13.5 Å². The van der Waals surface area contributed by atoms with Gasteiger partial charge in [0.25, 0.3) is 5.91 Å². The Bertz CT molecular complexity index is 766. The second-order valence-corrected chi connectivity index (χ2v) is 7.01. The number of furan rings is 1. The molecule has 0 aliphatic rings. The molecule has 0 aliphatic carbocycles. The van der Waals surface area contributed by atoms with Gasteiger partial charge in [-0.25, -0.2) is 0 Å². The van der Waals surface area contributed by atoms with Crippen LogP contribution in [0.5, 0.6) is 5.75 Å². The van der Waals surface area contributed by atoms with Crippen molar-refractivity contribution in [2.75, 3.05) is 6.26 Å². The van der Waals surface area contributed by atoms with Gasteiger partial charge in [-0.2, -0.15) is 8.42 Å². The van der Waals surface area contributed by atoms with Crippen LogP contribution in [0.3, 0.4) is 0 Å². The smallest absolute Gasteiger partial charge is 0.306 e. The largest absolute Gasteiger partial charge is 0.459 e. The lowest BCUT2D eigenvalue weighted by Crippen LogP contribution is -2.36. The van der Waals surface area contributed by atoms with Gasteiger partial charge in [0.15, 0.2) is 5.76 Å². The van der Waals surface area contributed by atoms with Crippen molar-refractivity contribution in [3.05, 3.63) is 54.0 Å². The second-order valence-electron chi connectivity index (χ2n) is 5.44. The van der Waals surface area contributed by atoms with Gasteiger partial charge in [0, 0.05) is 12.6 Å². The minimum absolute atomic E-state index is 0.0490. The van der Waals surface area contributed by atoms with Crippen molar-refractivity contribution >= 4 is 16.0 Å². The highest BCUT2D eigenvalue weighted by atomic mass is 32.2. The molecule has 2 rings (SSSR count). The predicted octanol–water partition coefficient (Wildman–Crippen LogP) is 2.67. The minimum Gasteiger partial charge on any atom is -0.459 e. The highest BCUT2D eigenvalue weighted by molar-refractivity contribution is 7.86. The number of carbonyl (C=O) groups excluding carboxylic acids is 1. The van der Waals surface area contributed by atoms with E-state index < -0.39 is 10.1 Å². The molecule has 0 atom stereocenters. The van der Waals surface area contributed by atoms with Crippen LogP contribution < -0.4 is 4.18 Å². The monoisotopic (exact) mass is 337 g/mol. The summed E-state index contributed by atoms with van der Waals surface area (Å²) in [5, 5.41) is 0. The number of nitrogens with zero attached hydrogens (tertiary/aromatic N) is 1. The van der Waals surface area contributed by atoms with Gasteiger partial charge in [0.1, 0.15) is 5.75 Å². The number of hydrogen-bond donors (Lipinski definition) is 0. The van der Waals surface area contributed by atoms with Crippen molar-refractivity contribution in [3.63, 3.8) is 0 Å². The average molecular weight is 337 g/mol. The molecule has 0 saturated carbocycles. The predicted molar refractivity (Wildman–Crippen MR) is 85.6 cm³/mol. The van der Waals surface area contributed by atoms with E-state index in [4.69, 9.17) is 8.60 Å². The van der Waals surface area contributed by atoms with E-state index in [2.05, 4.69) is 0 Å². The van der Waals surface area contributed by atoms with Crippen molar-refractivity contribution in [1.29, 1.82) is 0 Å².